The first-order chi connectivity index (χ1) is 10.5. The number of benzene rings is 1. The second-order valence-electron chi connectivity index (χ2n) is 6.30. The van der Waals surface area contributed by atoms with Crippen LogP contribution in [0.4, 0.5) is 0 Å². The van der Waals surface area contributed by atoms with Crippen LogP contribution in [0.25, 0.3) is 0 Å². The topological polar surface area (TPSA) is 46.6 Å². The molecule has 1 unspecified atom stereocenters. The summed E-state index contributed by atoms with van der Waals surface area (Å²) >= 11 is 5.89. The molecule has 2 aliphatic heterocycles. The van der Waals surface area contributed by atoms with E-state index in [1.54, 1.807) is 0 Å². The van der Waals surface area contributed by atoms with Crippen LogP contribution in [0.3, 0.4) is 0 Å². The molecule has 1 aromatic rings. The van der Waals surface area contributed by atoms with Gasteiger partial charge in [0.2, 0.25) is 0 Å². The lowest BCUT2D eigenvalue weighted by atomic mass is 9.83. The summed E-state index contributed by atoms with van der Waals surface area (Å²) in [6.07, 6.45) is 0.733. The van der Waals surface area contributed by atoms with Crippen LogP contribution in [0.15, 0.2) is 24.3 Å². The first-order valence-corrected chi connectivity index (χ1v) is 9.77. The smallest absolute Gasteiger partial charge is 0.158 e. The van der Waals surface area contributed by atoms with E-state index in [4.69, 9.17) is 16.3 Å². The van der Waals surface area contributed by atoms with E-state index in [9.17, 15) is 8.42 Å². The van der Waals surface area contributed by atoms with Crippen LogP contribution in [-0.4, -0.2) is 50.1 Å². The van der Waals surface area contributed by atoms with Gasteiger partial charge in [0, 0.05) is 37.2 Å². The maximum absolute atomic E-state index is 12.5. The van der Waals surface area contributed by atoms with Crippen LogP contribution in [0.2, 0.25) is 5.02 Å². The highest BCUT2D eigenvalue weighted by molar-refractivity contribution is 7.93. The van der Waals surface area contributed by atoms with Gasteiger partial charge in [-0.3, -0.25) is 4.90 Å². The molecular weight excluding hydrogens is 322 g/mol. The molecule has 2 heterocycles. The van der Waals surface area contributed by atoms with Gasteiger partial charge in [0.05, 0.1) is 12.4 Å². The maximum atomic E-state index is 12.5. The molecule has 1 aromatic carbocycles. The fourth-order valence-corrected chi connectivity index (χ4v) is 6.22. The van der Waals surface area contributed by atoms with Gasteiger partial charge in [-0.15, -0.1) is 0 Å². The highest BCUT2D eigenvalue weighted by Gasteiger charge is 2.61. The highest BCUT2D eigenvalue weighted by Crippen LogP contribution is 2.45. The molecule has 2 fully saturated rings. The van der Waals surface area contributed by atoms with Crippen molar-refractivity contribution in [1.82, 2.24) is 4.90 Å². The monoisotopic (exact) mass is 343 g/mol. The number of likely N-dealkylation sites (tertiary alicyclic amines) is 1. The predicted molar refractivity (Wildman–Crippen MR) is 87.8 cm³/mol. The lowest BCUT2D eigenvalue weighted by Gasteiger charge is -2.50. The van der Waals surface area contributed by atoms with Gasteiger partial charge in [0.25, 0.3) is 0 Å². The largest absolute Gasteiger partial charge is 0.381 e. The van der Waals surface area contributed by atoms with Crippen molar-refractivity contribution in [3.05, 3.63) is 34.9 Å². The number of ether oxygens (including phenoxy) is 1. The van der Waals surface area contributed by atoms with Crippen LogP contribution < -0.4 is 0 Å². The Bertz CT molecular complexity index is 623. The zero-order chi connectivity index (χ0) is 15.8. The van der Waals surface area contributed by atoms with Crippen molar-refractivity contribution in [2.24, 2.45) is 5.92 Å². The second kappa shape index (κ2) is 6.11. The van der Waals surface area contributed by atoms with Gasteiger partial charge < -0.3 is 4.74 Å². The summed E-state index contributed by atoms with van der Waals surface area (Å²) in [6.45, 7) is 5.16. The van der Waals surface area contributed by atoms with E-state index in [0.29, 0.717) is 32.1 Å². The molecule has 1 atom stereocenters. The molecule has 0 aromatic heterocycles. The average molecular weight is 344 g/mol. The Morgan fingerprint density at radius 2 is 2.00 bits per heavy atom. The quantitative estimate of drug-likeness (QED) is 0.823. The standard InChI is InChI=1S/C16H22ClNO3S/c1-2-21-10-14-7-8-22(19,20)16(14)11-18(12-16)9-13-3-5-15(17)6-4-13/h3-6,14H,2,7-12H2,1H3. The van der Waals surface area contributed by atoms with E-state index in [1.807, 2.05) is 31.2 Å². The molecule has 6 heteroatoms. The summed E-state index contributed by atoms with van der Waals surface area (Å²) in [4.78, 5) is 2.20. The molecular formula is C16H22ClNO3S. The molecule has 22 heavy (non-hydrogen) atoms. The fraction of sp³-hybridized carbons (Fsp3) is 0.625. The molecule has 0 bridgehead atoms. The Morgan fingerprint density at radius 1 is 1.32 bits per heavy atom. The average Bonchev–Trinajstić information content (AvgIpc) is 2.70. The van der Waals surface area contributed by atoms with Crippen molar-refractivity contribution in [3.8, 4) is 0 Å². The Kier molecular flexibility index (Phi) is 4.52. The summed E-state index contributed by atoms with van der Waals surface area (Å²) in [7, 11) is -3.00. The summed E-state index contributed by atoms with van der Waals surface area (Å²) in [6, 6.07) is 7.73. The van der Waals surface area contributed by atoms with Crippen molar-refractivity contribution >= 4 is 21.4 Å². The number of nitrogens with zero attached hydrogens (tertiary/aromatic N) is 1. The third-order valence-corrected chi connectivity index (χ3v) is 7.78. The molecule has 2 aliphatic rings. The first kappa shape index (κ1) is 16.2. The Morgan fingerprint density at radius 3 is 2.64 bits per heavy atom. The van der Waals surface area contributed by atoms with Gasteiger partial charge in [0.1, 0.15) is 4.75 Å². The fourth-order valence-electron chi connectivity index (χ4n) is 3.64. The lowest BCUT2D eigenvalue weighted by Crippen LogP contribution is -2.67. The molecule has 0 saturated carbocycles. The van der Waals surface area contributed by atoms with E-state index >= 15 is 0 Å². The number of hydrogen-bond donors (Lipinski definition) is 0. The highest BCUT2D eigenvalue weighted by atomic mass is 35.5. The molecule has 122 valence electrons. The van der Waals surface area contributed by atoms with Crippen LogP contribution >= 0.6 is 11.6 Å². The van der Waals surface area contributed by atoms with Crippen LogP contribution in [-0.2, 0) is 21.1 Å². The van der Waals surface area contributed by atoms with Gasteiger partial charge >= 0.3 is 0 Å². The van der Waals surface area contributed by atoms with Gasteiger partial charge in [-0.25, -0.2) is 8.42 Å². The number of hydrogen-bond acceptors (Lipinski definition) is 4. The Balaban J connectivity index is 1.66. The predicted octanol–water partition coefficient (Wildman–Crippen LogP) is 2.37. The minimum Gasteiger partial charge on any atom is -0.381 e. The molecule has 0 amide bonds. The Hall–Kier alpha value is -0.620. The maximum Gasteiger partial charge on any atom is 0.158 e. The van der Waals surface area contributed by atoms with Crippen LogP contribution in [0.5, 0.6) is 0 Å². The van der Waals surface area contributed by atoms with Gasteiger partial charge in [-0.1, -0.05) is 23.7 Å². The molecule has 0 radical (unpaired) electrons. The van der Waals surface area contributed by atoms with Crippen LogP contribution in [0.1, 0.15) is 18.9 Å². The summed E-state index contributed by atoms with van der Waals surface area (Å²) in [5, 5.41) is 0.721. The minimum absolute atomic E-state index is 0.138. The number of halogens is 1. The van der Waals surface area contributed by atoms with Gasteiger partial charge in [-0.05, 0) is 31.0 Å². The number of sulfone groups is 1. The molecule has 1 spiro atoms. The van der Waals surface area contributed by atoms with E-state index in [1.165, 1.54) is 0 Å². The van der Waals surface area contributed by atoms with Gasteiger partial charge in [0.15, 0.2) is 9.84 Å². The molecule has 0 aliphatic carbocycles. The molecule has 0 N–H and O–H groups in total. The summed E-state index contributed by atoms with van der Waals surface area (Å²) in [5.41, 5.74) is 1.16. The van der Waals surface area contributed by atoms with Crippen molar-refractivity contribution in [2.45, 2.75) is 24.6 Å². The SMILES string of the molecule is CCOCC1CCS(=O)(=O)C12CN(Cc1ccc(Cl)cc1)C2. The molecule has 4 nitrogen and oxygen atoms in total. The summed E-state index contributed by atoms with van der Waals surface area (Å²) in [5.74, 6) is 0.443. The summed E-state index contributed by atoms with van der Waals surface area (Å²) < 4.78 is 29.9. The normalized spacial score (nSPS) is 26.2. The zero-order valence-corrected chi connectivity index (χ0v) is 14.4. The zero-order valence-electron chi connectivity index (χ0n) is 12.8. The second-order valence-corrected chi connectivity index (χ2v) is 9.19. The molecule has 2 saturated heterocycles. The van der Waals surface area contributed by atoms with Crippen molar-refractivity contribution in [2.75, 3.05) is 32.1 Å². The van der Waals surface area contributed by atoms with E-state index in [0.717, 1.165) is 23.6 Å². The number of rotatable bonds is 5. The van der Waals surface area contributed by atoms with E-state index < -0.39 is 14.6 Å². The van der Waals surface area contributed by atoms with Crippen molar-refractivity contribution in [1.29, 1.82) is 0 Å². The molecule has 3 rings (SSSR count). The van der Waals surface area contributed by atoms with E-state index in [-0.39, 0.29) is 5.92 Å². The first-order valence-electron chi connectivity index (χ1n) is 7.74. The van der Waals surface area contributed by atoms with Crippen LogP contribution in [0, 0.1) is 5.92 Å². The van der Waals surface area contributed by atoms with Crippen molar-refractivity contribution in [3.63, 3.8) is 0 Å². The minimum atomic E-state index is -3.00. The third kappa shape index (κ3) is 2.80. The Labute approximate surface area is 137 Å². The van der Waals surface area contributed by atoms with Crippen molar-refractivity contribution < 1.29 is 13.2 Å². The van der Waals surface area contributed by atoms with E-state index in [2.05, 4.69) is 4.90 Å². The lowest BCUT2D eigenvalue weighted by molar-refractivity contribution is 0.0292. The third-order valence-electron chi connectivity index (χ3n) is 4.92. The van der Waals surface area contributed by atoms with Gasteiger partial charge in [-0.2, -0.15) is 0 Å².